The Kier molecular flexibility index (Phi) is 2.88. The van der Waals surface area contributed by atoms with Crippen LogP contribution in [0.3, 0.4) is 0 Å². The maximum atomic E-state index is 6.16. The molecule has 2 heterocycles. The molecule has 0 aromatic rings. The summed E-state index contributed by atoms with van der Waals surface area (Å²) < 4.78 is 12.3. The van der Waals surface area contributed by atoms with Gasteiger partial charge < -0.3 is 14.6 Å². The minimum Gasteiger partial charge on any atom is -0.403 e. The Labute approximate surface area is 99.4 Å². The Morgan fingerprint density at radius 2 is 1.31 bits per heavy atom. The predicted octanol–water partition coefficient (Wildman–Crippen LogP) is 2.22. The van der Waals surface area contributed by atoms with Crippen LogP contribution in [0.5, 0.6) is 0 Å². The lowest BCUT2D eigenvalue weighted by atomic mass is 9.54. The van der Waals surface area contributed by atoms with Crippen LogP contribution in [0, 0.1) is 0 Å². The van der Waals surface area contributed by atoms with Gasteiger partial charge in [0.05, 0.1) is 11.2 Å². The monoisotopic (exact) mass is 225 g/mol. The van der Waals surface area contributed by atoms with Crippen LogP contribution < -0.4 is 5.32 Å². The Balaban J connectivity index is 2.13. The molecule has 2 aliphatic rings. The van der Waals surface area contributed by atoms with E-state index in [9.17, 15) is 0 Å². The number of hydrogen-bond donors (Lipinski definition) is 1. The normalized spacial score (nSPS) is 31.7. The summed E-state index contributed by atoms with van der Waals surface area (Å²) in [5, 5.41) is 3.56. The molecule has 0 unspecified atom stereocenters. The van der Waals surface area contributed by atoms with Crippen molar-refractivity contribution in [2.24, 2.45) is 0 Å². The SMILES string of the molecule is CC1(B2OC(C)(C)C(C)(C)O2)CCNCC1. The molecule has 3 nitrogen and oxygen atoms in total. The van der Waals surface area contributed by atoms with E-state index in [0.29, 0.717) is 0 Å². The van der Waals surface area contributed by atoms with Gasteiger partial charge in [-0.15, -0.1) is 0 Å². The van der Waals surface area contributed by atoms with Crippen molar-refractivity contribution in [2.45, 2.75) is 64.0 Å². The highest BCUT2D eigenvalue weighted by Crippen LogP contribution is 2.48. The van der Waals surface area contributed by atoms with Crippen molar-refractivity contribution >= 4 is 7.12 Å². The zero-order valence-corrected chi connectivity index (χ0v) is 11.2. The minimum absolute atomic E-state index is 0.0559. The second kappa shape index (κ2) is 3.72. The van der Waals surface area contributed by atoms with Crippen molar-refractivity contribution in [2.75, 3.05) is 13.1 Å². The van der Waals surface area contributed by atoms with E-state index in [1.807, 2.05) is 0 Å². The molecule has 0 amide bonds. The molecule has 2 fully saturated rings. The van der Waals surface area contributed by atoms with Crippen LogP contribution in [0.25, 0.3) is 0 Å². The summed E-state index contributed by atoms with van der Waals surface area (Å²) in [5.74, 6) is 0. The molecule has 2 rings (SSSR count). The van der Waals surface area contributed by atoms with Gasteiger partial charge >= 0.3 is 7.12 Å². The molecule has 0 aliphatic carbocycles. The highest BCUT2D eigenvalue weighted by molar-refractivity contribution is 6.49. The van der Waals surface area contributed by atoms with Gasteiger partial charge in [0.1, 0.15) is 0 Å². The first-order chi connectivity index (χ1) is 7.27. The van der Waals surface area contributed by atoms with Crippen LogP contribution in [0.15, 0.2) is 0 Å². The quantitative estimate of drug-likeness (QED) is 0.694. The lowest BCUT2D eigenvalue weighted by Crippen LogP contribution is -2.42. The van der Waals surface area contributed by atoms with Gasteiger partial charge in [0.15, 0.2) is 0 Å². The maximum Gasteiger partial charge on any atom is 0.464 e. The highest BCUT2D eigenvalue weighted by Gasteiger charge is 2.57. The van der Waals surface area contributed by atoms with Crippen LogP contribution in [-0.2, 0) is 9.31 Å². The molecule has 0 spiro atoms. The fourth-order valence-electron chi connectivity index (χ4n) is 2.36. The Bertz CT molecular complexity index is 256. The third-order valence-corrected chi connectivity index (χ3v) is 4.57. The van der Waals surface area contributed by atoms with Gasteiger partial charge in [-0.1, -0.05) is 6.92 Å². The number of rotatable bonds is 1. The van der Waals surface area contributed by atoms with Crippen molar-refractivity contribution in [3.63, 3.8) is 0 Å². The molecule has 92 valence electrons. The summed E-state index contributed by atoms with van der Waals surface area (Å²) >= 11 is 0. The molecule has 16 heavy (non-hydrogen) atoms. The minimum atomic E-state index is -0.203. The molecule has 0 aromatic heterocycles. The zero-order valence-electron chi connectivity index (χ0n) is 11.2. The van der Waals surface area contributed by atoms with Gasteiger partial charge in [-0.25, -0.2) is 0 Å². The molecule has 0 radical (unpaired) electrons. The second-order valence-electron chi connectivity index (χ2n) is 6.49. The fourth-order valence-corrected chi connectivity index (χ4v) is 2.36. The summed E-state index contributed by atoms with van der Waals surface area (Å²) in [7, 11) is -0.0559. The Hall–Kier alpha value is -0.0551. The van der Waals surface area contributed by atoms with Gasteiger partial charge in [-0.05, 0) is 53.6 Å². The van der Waals surface area contributed by atoms with Gasteiger partial charge in [0.2, 0.25) is 0 Å². The predicted molar refractivity (Wildman–Crippen MR) is 66.6 cm³/mol. The fraction of sp³-hybridized carbons (Fsp3) is 1.00. The molecule has 0 bridgehead atoms. The van der Waals surface area contributed by atoms with Gasteiger partial charge in [0, 0.05) is 5.31 Å². The van der Waals surface area contributed by atoms with E-state index in [2.05, 4.69) is 39.9 Å². The van der Waals surface area contributed by atoms with E-state index in [1.165, 1.54) is 0 Å². The maximum absolute atomic E-state index is 6.16. The molecular weight excluding hydrogens is 201 g/mol. The molecule has 0 atom stereocenters. The van der Waals surface area contributed by atoms with Crippen LogP contribution in [0.2, 0.25) is 5.31 Å². The van der Waals surface area contributed by atoms with Gasteiger partial charge in [0.25, 0.3) is 0 Å². The standard InChI is InChI=1S/C12H24BNO2/c1-10(2)11(3,4)16-13(15-10)12(5)6-8-14-9-7-12/h14H,6-9H2,1-5H3. The lowest BCUT2D eigenvalue weighted by molar-refractivity contribution is 0.00578. The number of piperidine rings is 1. The number of hydrogen-bond acceptors (Lipinski definition) is 3. The third kappa shape index (κ3) is 1.91. The van der Waals surface area contributed by atoms with E-state index in [4.69, 9.17) is 9.31 Å². The lowest BCUT2D eigenvalue weighted by Gasteiger charge is -2.35. The third-order valence-electron chi connectivity index (χ3n) is 4.57. The Morgan fingerprint density at radius 1 is 0.875 bits per heavy atom. The van der Waals surface area contributed by atoms with E-state index >= 15 is 0 Å². The molecule has 0 aromatic carbocycles. The van der Waals surface area contributed by atoms with E-state index in [-0.39, 0.29) is 23.6 Å². The van der Waals surface area contributed by atoms with Crippen molar-refractivity contribution in [1.82, 2.24) is 5.32 Å². The van der Waals surface area contributed by atoms with Crippen molar-refractivity contribution in [3.8, 4) is 0 Å². The summed E-state index contributed by atoms with van der Waals surface area (Å²) in [6.07, 6.45) is 2.26. The first kappa shape index (κ1) is 12.4. The summed E-state index contributed by atoms with van der Waals surface area (Å²) in [6, 6.07) is 0. The summed E-state index contributed by atoms with van der Waals surface area (Å²) in [6.45, 7) is 12.9. The molecule has 1 N–H and O–H groups in total. The summed E-state index contributed by atoms with van der Waals surface area (Å²) in [5.41, 5.74) is -0.406. The molecule has 4 heteroatoms. The average Bonchev–Trinajstić information content (AvgIpc) is 2.38. The van der Waals surface area contributed by atoms with Crippen molar-refractivity contribution < 1.29 is 9.31 Å². The van der Waals surface area contributed by atoms with Gasteiger partial charge in [-0.3, -0.25) is 0 Å². The molecule has 2 saturated heterocycles. The van der Waals surface area contributed by atoms with Crippen LogP contribution in [0.4, 0.5) is 0 Å². The van der Waals surface area contributed by atoms with Crippen molar-refractivity contribution in [3.05, 3.63) is 0 Å². The van der Waals surface area contributed by atoms with Crippen LogP contribution in [0.1, 0.15) is 47.5 Å². The van der Waals surface area contributed by atoms with Crippen LogP contribution >= 0.6 is 0 Å². The van der Waals surface area contributed by atoms with Gasteiger partial charge in [-0.2, -0.15) is 0 Å². The second-order valence-corrected chi connectivity index (χ2v) is 6.49. The number of nitrogens with one attached hydrogen (secondary N) is 1. The topological polar surface area (TPSA) is 30.5 Å². The van der Waals surface area contributed by atoms with Crippen molar-refractivity contribution in [1.29, 1.82) is 0 Å². The van der Waals surface area contributed by atoms with Crippen LogP contribution in [-0.4, -0.2) is 31.4 Å². The van der Waals surface area contributed by atoms with E-state index < -0.39 is 0 Å². The first-order valence-electron chi connectivity index (χ1n) is 6.33. The molecule has 2 aliphatic heterocycles. The zero-order chi connectivity index (χ0) is 12.0. The highest BCUT2D eigenvalue weighted by atomic mass is 16.7. The average molecular weight is 225 g/mol. The van der Waals surface area contributed by atoms with E-state index in [0.717, 1.165) is 25.9 Å². The molecular formula is C12H24BNO2. The smallest absolute Gasteiger partial charge is 0.403 e. The first-order valence-corrected chi connectivity index (χ1v) is 6.33. The largest absolute Gasteiger partial charge is 0.464 e. The Morgan fingerprint density at radius 3 is 1.75 bits per heavy atom. The molecule has 0 saturated carbocycles. The van der Waals surface area contributed by atoms with E-state index in [1.54, 1.807) is 0 Å². The summed E-state index contributed by atoms with van der Waals surface area (Å²) in [4.78, 5) is 0.